The Bertz CT molecular complexity index is 405. The zero-order valence-electron chi connectivity index (χ0n) is 11.8. The number of carbonyl (C=O) groups excluding carboxylic acids is 2. The van der Waals surface area contributed by atoms with E-state index in [-0.39, 0.29) is 18.0 Å². The van der Waals surface area contributed by atoms with E-state index in [1.807, 2.05) is 13.8 Å². The summed E-state index contributed by atoms with van der Waals surface area (Å²) >= 11 is 0. The number of hydrogen-bond donors (Lipinski definition) is 1. The van der Waals surface area contributed by atoms with E-state index in [9.17, 15) is 9.59 Å². The van der Waals surface area contributed by atoms with Gasteiger partial charge >= 0.3 is 6.03 Å². The summed E-state index contributed by atoms with van der Waals surface area (Å²) in [5, 5.41) is 2.95. The van der Waals surface area contributed by atoms with Crippen molar-refractivity contribution < 1.29 is 9.59 Å². The molecule has 2 heterocycles. The number of urea groups is 1. The summed E-state index contributed by atoms with van der Waals surface area (Å²) in [4.78, 5) is 28.2. The Hall–Kier alpha value is -1.10. The number of nitrogens with one attached hydrogen (secondary N) is 1. The quantitative estimate of drug-likeness (QED) is 0.780. The van der Waals surface area contributed by atoms with Gasteiger partial charge < -0.3 is 10.2 Å². The number of likely N-dealkylation sites (tertiary alicyclic amines) is 1. The number of carbonyl (C=O) groups is 2. The van der Waals surface area contributed by atoms with Crippen molar-refractivity contribution >= 4 is 11.9 Å². The van der Waals surface area contributed by atoms with Gasteiger partial charge in [0.1, 0.15) is 5.54 Å². The van der Waals surface area contributed by atoms with E-state index < -0.39 is 5.54 Å². The van der Waals surface area contributed by atoms with Crippen LogP contribution in [0.5, 0.6) is 0 Å². The maximum atomic E-state index is 12.5. The lowest BCUT2D eigenvalue weighted by Crippen LogP contribution is -2.50. The number of amides is 3. The predicted octanol–water partition coefficient (Wildman–Crippen LogP) is 1.19. The first-order valence-electron chi connectivity index (χ1n) is 7.40. The van der Waals surface area contributed by atoms with Crippen molar-refractivity contribution in [2.75, 3.05) is 19.6 Å². The lowest BCUT2D eigenvalue weighted by atomic mass is 9.85. The molecule has 3 rings (SSSR count). The van der Waals surface area contributed by atoms with Gasteiger partial charge in [-0.15, -0.1) is 0 Å². The van der Waals surface area contributed by atoms with Crippen molar-refractivity contribution in [2.24, 2.45) is 5.92 Å². The van der Waals surface area contributed by atoms with E-state index in [1.165, 1.54) is 24.2 Å². The van der Waals surface area contributed by atoms with Crippen LogP contribution in [0, 0.1) is 5.92 Å². The molecule has 0 aromatic rings. The van der Waals surface area contributed by atoms with Crippen molar-refractivity contribution in [3.63, 3.8) is 0 Å². The highest BCUT2D eigenvalue weighted by atomic mass is 16.2. The molecule has 1 N–H and O–H groups in total. The monoisotopic (exact) mass is 265 g/mol. The molecular formula is C14H23N3O2. The van der Waals surface area contributed by atoms with E-state index in [0.717, 1.165) is 25.4 Å². The minimum absolute atomic E-state index is 0.0244. The molecule has 1 atom stereocenters. The fourth-order valence-corrected chi connectivity index (χ4v) is 3.47. The van der Waals surface area contributed by atoms with Gasteiger partial charge in [-0.25, -0.2) is 4.79 Å². The highest BCUT2D eigenvalue weighted by Crippen LogP contribution is 2.33. The van der Waals surface area contributed by atoms with Crippen LogP contribution < -0.4 is 5.32 Å². The van der Waals surface area contributed by atoms with Crippen LogP contribution in [-0.2, 0) is 4.79 Å². The molecule has 1 saturated carbocycles. The van der Waals surface area contributed by atoms with Gasteiger partial charge in [-0.2, -0.15) is 0 Å². The Labute approximate surface area is 114 Å². The molecule has 3 fully saturated rings. The molecule has 5 heteroatoms. The van der Waals surface area contributed by atoms with Gasteiger partial charge in [-0.3, -0.25) is 9.69 Å². The topological polar surface area (TPSA) is 52.7 Å². The molecule has 2 aliphatic heterocycles. The minimum Gasteiger partial charge on any atom is -0.322 e. The van der Waals surface area contributed by atoms with E-state index in [1.54, 1.807) is 0 Å². The molecule has 1 aliphatic carbocycles. The first-order chi connectivity index (χ1) is 9.02. The summed E-state index contributed by atoms with van der Waals surface area (Å²) in [7, 11) is 0. The molecule has 19 heavy (non-hydrogen) atoms. The molecule has 5 nitrogen and oxygen atoms in total. The summed E-state index contributed by atoms with van der Waals surface area (Å²) in [6, 6.07) is -0.280. The molecule has 1 unspecified atom stereocenters. The van der Waals surface area contributed by atoms with Gasteiger partial charge in [0.05, 0.1) is 0 Å². The molecule has 2 saturated heterocycles. The van der Waals surface area contributed by atoms with Crippen LogP contribution in [-0.4, -0.2) is 53.0 Å². The van der Waals surface area contributed by atoms with Gasteiger partial charge in [0, 0.05) is 25.7 Å². The summed E-state index contributed by atoms with van der Waals surface area (Å²) in [6.07, 6.45) is 4.75. The number of rotatable bonds is 3. The Morgan fingerprint density at radius 2 is 2.11 bits per heavy atom. The molecule has 1 spiro atoms. The van der Waals surface area contributed by atoms with E-state index in [0.29, 0.717) is 6.54 Å². The van der Waals surface area contributed by atoms with Crippen LogP contribution in [0.2, 0.25) is 0 Å². The molecule has 0 aromatic heterocycles. The van der Waals surface area contributed by atoms with E-state index in [4.69, 9.17) is 0 Å². The maximum absolute atomic E-state index is 12.5. The summed E-state index contributed by atoms with van der Waals surface area (Å²) in [5.41, 5.74) is -0.634. The lowest BCUT2D eigenvalue weighted by Gasteiger charge is -2.30. The standard InChI is InChI=1S/C14H23N3O2/c1-10(2)17-12(18)14(15-13(17)19)6-7-16(9-14)8-11-4-3-5-11/h10-11H,3-9H2,1-2H3,(H,15,19). The zero-order chi connectivity index (χ0) is 13.6. The van der Waals surface area contributed by atoms with Gasteiger partial charge in [0.25, 0.3) is 5.91 Å². The highest BCUT2D eigenvalue weighted by molar-refractivity contribution is 6.07. The number of nitrogens with zero attached hydrogens (tertiary/aromatic N) is 2. The largest absolute Gasteiger partial charge is 0.325 e. The number of hydrogen-bond acceptors (Lipinski definition) is 3. The minimum atomic E-state index is -0.634. The Morgan fingerprint density at radius 1 is 1.37 bits per heavy atom. The van der Waals surface area contributed by atoms with Crippen LogP contribution in [0.4, 0.5) is 4.79 Å². The molecule has 3 aliphatic rings. The Balaban J connectivity index is 1.68. The predicted molar refractivity (Wildman–Crippen MR) is 71.6 cm³/mol. The first kappa shape index (κ1) is 12.9. The average Bonchev–Trinajstić information content (AvgIpc) is 2.77. The Morgan fingerprint density at radius 3 is 2.63 bits per heavy atom. The zero-order valence-corrected chi connectivity index (χ0v) is 11.8. The van der Waals surface area contributed by atoms with Crippen molar-refractivity contribution in [3.05, 3.63) is 0 Å². The SMILES string of the molecule is CC(C)N1C(=O)NC2(CCN(CC3CCC3)C2)C1=O. The first-order valence-corrected chi connectivity index (χ1v) is 7.40. The molecule has 106 valence electrons. The normalized spacial score (nSPS) is 32.5. The van der Waals surface area contributed by atoms with Gasteiger partial charge in [-0.1, -0.05) is 6.42 Å². The van der Waals surface area contributed by atoms with Crippen LogP contribution in [0.1, 0.15) is 39.5 Å². The Kier molecular flexibility index (Phi) is 3.04. The smallest absolute Gasteiger partial charge is 0.322 e. The molecule has 3 amide bonds. The van der Waals surface area contributed by atoms with Crippen molar-refractivity contribution in [2.45, 2.75) is 51.1 Å². The molecular weight excluding hydrogens is 242 g/mol. The van der Waals surface area contributed by atoms with Crippen LogP contribution >= 0.6 is 0 Å². The molecule has 0 aromatic carbocycles. The second-order valence-corrected chi connectivity index (χ2v) is 6.56. The molecule has 0 radical (unpaired) electrons. The van der Waals surface area contributed by atoms with Gasteiger partial charge in [-0.05, 0) is 39.0 Å². The van der Waals surface area contributed by atoms with Crippen LogP contribution in [0.3, 0.4) is 0 Å². The lowest BCUT2D eigenvalue weighted by molar-refractivity contribution is -0.132. The highest BCUT2D eigenvalue weighted by Gasteiger charge is 2.55. The summed E-state index contributed by atoms with van der Waals surface area (Å²) < 4.78 is 0. The van der Waals surface area contributed by atoms with Crippen LogP contribution in [0.25, 0.3) is 0 Å². The van der Waals surface area contributed by atoms with Crippen molar-refractivity contribution in [1.82, 2.24) is 15.1 Å². The van der Waals surface area contributed by atoms with Crippen molar-refractivity contribution in [1.29, 1.82) is 0 Å². The van der Waals surface area contributed by atoms with Gasteiger partial charge in [0.2, 0.25) is 0 Å². The summed E-state index contributed by atoms with van der Waals surface area (Å²) in [6.45, 7) is 6.48. The third-order valence-corrected chi connectivity index (χ3v) is 4.80. The van der Waals surface area contributed by atoms with E-state index >= 15 is 0 Å². The molecule has 0 bridgehead atoms. The fourth-order valence-electron chi connectivity index (χ4n) is 3.47. The average molecular weight is 265 g/mol. The second-order valence-electron chi connectivity index (χ2n) is 6.56. The summed E-state index contributed by atoms with van der Waals surface area (Å²) in [5.74, 6) is 0.784. The van der Waals surface area contributed by atoms with Crippen LogP contribution in [0.15, 0.2) is 0 Å². The van der Waals surface area contributed by atoms with Gasteiger partial charge in [0.15, 0.2) is 0 Å². The third kappa shape index (κ3) is 2.04. The van der Waals surface area contributed by atoms with Crippen molar-refractivity contribution in [3.8, 4) is 0 Å². The fraction of sp³-hybridized carbons (Fsp3) is 0.857. The maximum Gasteiger partial charge on any atom is 0.325 e. The second kappa shape index (κ2) is 4.47. The number of imide groups is 1. The third-order valence-electron chi connectivity index (χ3n) is 4.80. The van der Waals surface area contributed by atoms with E-state index in [2.05, 4.69) is 10.2 Å².